The SMILES string of the molecule is CCCCCCCCCCCCNC(=O)[C@H](O[C@H]1OC(C(=O)Nc2ccccc2)=C[C@H](O)[C@@H]1O)[C@H]1O[C@@H](n2ccc(=O)[nH]c2=O)[C@H](O)[C@@H]1OC. The molecule has 1 saturated heterocycles. The van der Waals surface area contributed by atoms with E-state index in [1.165, 1.54) is 45.6 Å². The molecule has 8 atom stereocenters. The molecule has 276 valence electrons. The third kappa shape index (κ3) is 10.6. The zero-order chi connectivity index (χ0) is 36.0. The van der Waals surface area contributed by atoms with Gasteiger partial charge in [0.05, 0.1) is 0 Å². The van der Waals surface area contributed by atoms with Crippen molar-refractivity contribution in [2.24, 2.45) is 0 Å². The lowest BCUT2D eigenvalue weighted by Crippen LogP contribution is -2.54. The summed E-state index contributed by atoms with van der Waals surface area (Å²) >= 11 is 0. The summed E-state index contributed by atoms with van der Waals surface area (Å²) in [5.74, 6) is -1.81. The number of nitrogens with zero attached hydrogens (tertiary/aromatic N) is 1. The van der Waals surface area contributed by atoms with Gasteiger partial charge in [-0.25, -0.2) is 4.79 Å². The second-order valence-corrected chi connectivity index (χ2v) is 12.5. The van der Waals surface area contributed by atoms with Crippen molar-refractivity contribution in [1.29, 1.82) is 0 Å². The number of amides is 2. The molecule has 0 bridgehead atoms. The van der Waals surface area contributed by atoms with E-state index in [9.17, 15) is 34.5 Å². The van der Waals surface area contributed by atoms with Gasteiger partial charge in [0.15, 0.2) is 18.1 Å². The molecule has 6 N–H and O–H groups in total. The molecule has 50 heavy (non-hydrogen) atoms. The van der Waals surface area contributed by atoms with Crippen LogP contribution in [0.15, 0.2) is 64.0 Å². The summed E-state index contributed by atoms with van der Waals surface area (Å²) < 4.78 is 24.1. The number of aliphatic hydroxyl groups is 3. The molecule has 1 fully saturated rings. The van der Waals surface area contributed by atoms with E-state index in [1.54, 1.807) is 30.3 Å². The van der Waals surface area contributed by atoms with Crippen molar-refractivity contribution in [1.82, 2.24) is 14.9 Å². The van der Waals surface area contributed by atoms with Crippen LogP contribution in [-0.4, -0.2) is 93.3 Å². The Labute approximate surface area is 290 Å². The Balaban J connectivity index is 1.47. The molecule has 15 nitrogen and oxygen atoms in total. The Morgan fingerprint density at radius 1 is 0.940 bits per heavy atom. The molecule has 0 spiro atoms. The summed E-state index contributed by atoms with van der Waals surface area (Å²) in [6, 6.07) is 9.56. The number of rotatable bonds is 19. The Hall–Kier alpha value is -3.86. The number of aromatic nitrogens is 2. The monoisotopic (exact) mass is 702 g/mol. The molecule has 0 saturated carbocycles. The number of benzene rings is 1. The van der Waals surface area contributed by atoms with Gasteiger partial charge in [-0.1, -0.05) is 82.9 Å². The van der Waals surface area contributed by atoms with Crippen molar-refractivity contribution in [3.05, 3.63) is 75.3 Å². The summed E-state index contributed by atoms with van der Waals surface area (Å²) in [6.07, 6.45) is 0.968. The highest BCUT2D eigenvalue weighted by molar-refractivity contribution is 6.02. The van der Waals surface area contributed by atoms with Gasteiger partial charge in [0.25, 0.3) is 17.4 Å². The first kappa shape index (κ1) is 38.9. The van der Waals surface area contributed by atoms with E-state index < -0.39 is 72.2 Å². The van der Waals surface area contributed by atoms with Crippen LogP contribution in [0.2, 0.25) is 0 Å². The van der Waals surface area contributed by atoms with Crippen molar-refractivity contribution in [2.75, 3.05) is 19.0 Å². The average molecular weight is 703 g/mol. The number of ether oxygens (including phenoxy) is 4. The van der Waals surface area contributed by atoms with Crippen molar-refractivity contribution in [2.45, 2.75) is 120 Å². The first-order valence-corrected chi connectivity index (χ1v) is 17.4. The summed E-state index contributed by atoms with van der Waals surface area (Å²) in [5, 5.41) is 38.0. The maximum atomic E-state index is 13.8. The number of methoxy groups -OCH3 is 1. The number of carbonyl (C=O) groups excluding carboxylic acids is 2. The van der Waals surface area contributed by atoms with Gasteiger partial charge in [0, 0.05) is 31.6 Å². The number of carbonyl (C=O) groups is 2. The number of aliphatic hydroxyl groups excluding tert-OH is 3. The number of hydrogen-bond donors (Lipinski definition) is 6. The van der Waals surface area contributed by atoms with Crippen LogP contribution in [-0.2, 0) is 28.5 Å². The van der Waals surface area contributed by atoms with Crippen LogP contribution in [0.1, 0.15) is 77.4 Å². The molecule has 0 aliphatic carbocycles. The van der Waals surface area contributed by atoms with Crippen LogP contribution in [0, 0.1) is 0 Å². The van der Waals surface area contributed by atoms with E-state index in [2.05, 4.69) is 22.5 Å². The first-order chi connectivity index (χ1) is 24.1. The fourth-order valence-electron chi connectivity index (χ4n) is 6.01. The lowest BCUT2D eigenvalue weighted by atomic mass is 10.0. The van der Waals surface area contributed by atoms with Crippen LogP contribution in [0.5, 0.6) is 0 Å². The summed E-state index contributed by atoms with van der Waals surface area (Å²) in [7, 11) is 1.27. The second kappa shape index (κ2) is 19.5. The van der Waals surface area contributed by atoms with Gasteiger partial charge < -0.3 is 44.9 Å². The van der Waals surface area contributed by atoms with Crippen molar-refractivity contribution in [3.8, 4) is 0 Å². The third-order valence-electron chi connectivity index (χ3n) is 8.76. The minimum Gasteiger partial charge on any atom is -0.456 e. The highest BCUT2D eigenvalue weighted by Gasteiger charge is 2.53. The number of hydrogen-bond acceptors (Lipinski definition) is 11. The van der Waals surface area contributed by atoms with Gasteiger partial charge in [-0.3, -0.25) is 23.9 Å². The van der Waals surface area contributed by atoms with E-state index in [0.717, 1.165) is 42.2 Å². The van der Waals surface area contributed by atoms with E-state index >= 15 is 0 Å². The summed E-state index contributed by atoms with van der Waals surface area (Å²) in [6.45, 7) is 2.48. The zero-order valence-corrected chi connectivity index (χ0v) is 28.6. The van der Waals surface area contributed by atoms with E-state index in [0.29, 0.717) is 12.1 Å². The Bertz CT molecular complexity index is 1510. The molecule has 2 amide bonds. The van der Waals surface area contributed by atoms with Crippen LogP contribution < -0.4 is 21.9 Å². The largest absolute Gasteiger partial charge is 0.456 e. The van der Waals surface area contributed by atoms with E-state index in [1.807, 2.05) is 0 Å². The number of nitrogens with one attached hydrogen (secondary N) is 3. The van der Waals surface area contributed by atoms with Crippen LogP contribution in [0.25, 0.3) is 0 Å². The predicted molar refractivity (Wildman–Crippen MR) is 182 cm³/mol. The normalized spacial score (nSPS) is 25.4. The van der Waals surface area contributed by atoms with Gasteiger partial charge in [0.2, 0.25) is 6.29 Å². The highest BCUT2D eigenvalue weighted by atomic mass is 16.7. The third-order valence-corrected chi connectivity index (χ3v) is 8.76. The first-order valence-electron chi connectivity index (χ1n) is 17.4. The number of aromatic amines is 1. The molecule has 1 aromatic carbocycles. The predicted octanol–water partition coefficient (Wildman–Crippen LogP) is 1.83. The standard InChI is InChI=1S/C35H50N4O11/c1-3-4-5-6-7-8-9-10-11-15-19-36-32(45)30(29-28(47-2)27(43)33(49-29)39-20-18-25(41)38-35(39)46)50-34-26(42)23(40)21-24(48-34)31(44)37-22-16-13-12-14-17-22/h12-14,16-18,20-21,23,26-30,33-34,40,42-43H,3-11,15,19H2,1-2H3,(H,36,45)(H,37,44)(H,38,41,46)/t23-,26-,27+,28-,29-,30+,33+,34+/m0/s1. The Morgan fingerprint density at radius 3 is 2.24 bits per heavy atom. The molecule has 2 aromatic rings. The number of unbranched alkanes of at least 4 members (excludes halogenated alkanes) is 9. The van der Waals surface area contributed by atoms with Crippen molar-refractivity contribution >= 4 is 17.5 Å². The maximum absolute atomic E-state index is 13.8. The quantitative estimate of drug-likeness (QED) is 0.116. The fraction of sp³-hybridized carbons (Fsp3) is 0.600. The minimum atomic E-state index is -1.74. The van der Waals surface area contributed by atoms with E-state index in [4.69, 9.17) is 18.9 Å². The fourth-order valence-corrected chi connectivity index (χ4v) is 6.01. The van der Waals surface area contributed by atoms with Crippen LogP contribution in [0.4, 0.5) is 5.69 Å². The molecular weight excluding hydrogens is 652 g/mol. The van der Waals surface area contributed by atoms with Crippen LogP contribution >= 0.6 is 0 Å². The zero-order valence-electron chi connectivity index (χ0n) is 28.6. The smallest absolute Gasteiger partial charge is 0.330 e. The molecule has 1 aromatic heterocycles. The van der Waals surface area contributed by atoms with Gasteiger partial charge in [-0.2, -0.15) is 0 Å². The summed E-state index contributed by atoms with van der Waals surface area (Å²) in [5.41, 5.74) is -1.08. The van der Waals surface area contributed by atoms with Crippen molar-refractivity contribution < 1.29 is 43.9 Å². The Kier molecular flexibility index (Phi) is 15.2. The number of para-hydroxylation sites is 1. The van der Waals surface area contributed by atoms with Crippen molar-refractivity contribution in [3.63, 3.8) is 0 Å². The van der Waals surface area contributed by atoms with Gasteiger partial charge >= 0.3 is 5.69 Å². The molecular formula is C35H50N4O11. The summed E-state index contributed by atoms with van der Waals surface area (Å²) in [4.78, 5) is 53.1. The molecule has 15 heteroatoms. The topological polar surface area (TPSA) is 211 Å². The molecule has 0 unspecified atom stereocenters. The Morgan fingerprint density at radius 2 is 1.60 bits per heavy atom. The molecule has 2 aliphatic heterocycles. The minimum absolute atomic E-state index is 0.284. The lowest BCUT2D eigenvalue weighted by Gasteiger charge is -2.35. The van der Waals surface area contributed by atoms with Crippen LogP contribution in [0.3, 0.4) is 0 Å². The van der Waals surface area contributed by atoms with E-state index in [-0.39, 0.29) is 12.3 Å². The molecule has 0 radical (unpaired) electrons. The molecule has 2 aliphatic rings. The lowest BCUT2D eigenvalue weighted by molar-refractivity contribution is -0.241. The molecule has 3 heterocycles. The molecule has 4 rings (SSSR count). The average Bonchev–Trinajstić information content (AvgIpc) is 3.42. The van der Waals surface area contributed by atoms with Gasteiger partial charge in [-0.15, -0.1) is 0 Å². The van der Waals surface area contributed by atoms with Gasteiger partial charge in [-0.05, 0) is 24.6 Å². The van der Waals surface area contributed by atoms with Gasteiger partial charge in [0.1, 0.15) is 30.5 Å². The maximum Gasteiger partial charge on any atom is 0.330 e. The number of anilines is 1. The number of H-pyrrole nitrogens is 1. The second-order valence-electron chi connectivity index (χ2n) is 12.5. The highest BCUT2D eigenvalue weighted by Crippen LogP contribution is 2.34.